The number of carbonyl (C=O) groups is 2. The maximum absolute atomic E-state index is 13.1. The summed E-state index contributed by atoms with van der Waals surface area (Å²) in [5, 5.41) is 7.78. The van der Waals surface area contributed by atoms with Gasteiger partial charge in [-0.1, -0.05) is 24.3 Å². The lowest BCUT2D eigenvalue weighted by Crippen LogP contribution is -2.22. The molecule has 0 aliphatic rings. The number of fused-ring (bicyclic) bond motifs is 3. The summed E-state index contributed by atoms with van der Waals surface area (Å²) in [5.74, 6) is -0.827. The first-order chi connectivity index (χ1) is 17.9. The van der Waals surface area contributed by atoms with Crippen molar-refractivity contribution in [3.05, 3.63) is 102 Å². The molecule has 7 heteroatoms. The van der Waals surface area contributed by atoms with Crippen molar-refractivity contribution in [3.8, 4) is 0 Å². The Labute approximate surface area is 218 Å². The maximum Gasteiger partial charge on any atom is 0.255 e. The average molecular weight is 512 g/mol. The number of nitrogens with zero attached hydrogens (tertiary/aromatic N) is 1. The van der Waals surface area contributed by atoms with E-state index in [1.165, 1.54) is 41.5 Å². The Kier molecular flexibility index (Phi) is 6.97. The van der Waals surface area contributed by atoms with Gasteiger partial charge in [0.05, 0.1) is 5.25 Å². The van der Waals surface area contributed by atoms with Crippen LogP contribution in [-0.4, -0.2) is 21.6 Å². The zero-order chi connectivity index (χ0) is 25.9. The first-order valence-electron chi connectivity index (χ1n) is 12.1. The molecule has 5 aromatic rings. The Hall–Kier alpha value is -4.10. The van der Waals surface area contributed by atoms with E-state index in [1.807, 2.05) is 49.4 Å². The van der Waals surface area contributed by atoms with E-state index >= 15 is 0 Å². The second-order valence-corrected chi connectivity index (χ2v) is 10.1. The van der Waals surface area contributed by atoms with E-state index in [-0.39, 0.29) is 17.1 Å². The predicted molar refractivity (Wildman–Crippen MR) is 150 cm³/mol. The van der Waals surface area contributed by atoms with Gasteiger partial charge in [-0.15, -0.1) is 11.8 Å². The number of anilines is 2. The molecule has 1 heterocycles. The topological polar surface area (TPSA) is 63.1 Å². The van der Waals surface area contributed by atoms with Crippen LogP contribution < -0.4 is 10.6 Å². The van der Waals surface area contributed by atoms with Crippen LogP contribution >= 0.6 is 11.8 Å². The molecule has 2 amide bonds. The third-order valence-corrected chi connectivity index (χ3v) is 7.33. The minimum atomic E-state index is -0.394. The van der Waals surface area contributed by atoms with Crippen LogP contribution in [0.3, 0.4) is 0 Å². The Morgan fingerprint density at radius 2 is 1.57 bits per heavy atom. The molecular formula is C30H26FN3O2S. The minimum absolute atomic E-state index is 0.107. The largest absolute Gasteiger partial charge is 0.341 e. The first kappa shape index (κ1) is 24.6. The molecule has 186 valence electrons. The van der Waals surface area contributed by atoms with Crippen LogP contribution in [0.4, 0.5) is 15.8 Å². The smallest absolute Gasteiger partial charge is 0.255 e. The van der Waals surface area contributed by atoms with Crippen molar-refractivity contribution in [1.29, 1.82) is 0 Å². The highest BCUT2D eigenvalue weighted by Crippen LogP contribution is 2.32. The molecule has 0 aliphatic heterocycles. The molecule has 1 aromatic heterocycles. The standard InChI is InChI=1S/C30H26FN3O2S/c1-3-34-27-10-5-4-9-25(27)26-18-23(15-16-28(26)34)32-29(35)19(2)37-24-8-6-7-22(17-24)33-30(36)20-11-13-21(31)14-12-20/h4-19H,3H2,1-2H3,(H,32,35)(H,33,36). The fourth-order valence-corrected chi connectivity index (χ4v) is 5.35. The van der Waals surface area contributed by atoms with Gasteiger partial charge in [-0.3, -0.25) is 9.59 Å². The van der Waals surface area contributed by atoms with Crippen LogP contribution in [0.15, 0.2) is 95.9 Å². The minimum Gasteiger partial charge on any atom is -0.341 e. The van der Waals surface area contributed by atoms with Gasteiger partial charge in [0, 0.05) is 50.2 Å². The van der Waals surface area contributed by atoms with Gasteiger partial charge in [0.2, 0.25) is 5.91 Å². The number of rotatable bonds is 7. The lowest BCUT2D eigenvalue weighted by Gasteiger charge is -2.13. The number of aromatic nitrogens is 1. The molecule has 0 aliphatic carbocycles. The van der Waals surface area contributed by atoms with Crippen molar-refractivity contribution in [2.75, 3.05) is 10.6 Å². The highest BCUT2D eigenvalue weighted by Gasteiger charge is 2.17. The molecular weight excluding hydrogens is 485 g/mol. The molecule has 4 aromatic carbocycles. The van der Waals surface area contributed by atoms with Crippen LogP contribution in [0.25, 0.3) is 21.8 Å². The second-order valence-electron chi connectivity index (χ2n) is 8.73. The number of carbonyl (C=O) groups excluding carboxylic acids is 2. The summed E-state index contributed by atoms with van der Waals surface area (Å²) in [5.41, 5.74) is 4.04. The monoisotopic (exact) mass is 511 g/mol. The van der Waals surface area contributed by atoms with Crippen molar-refractivity contribution in [1.82, 2.24) is 4.57 Å². The number of thioether (sulfide) groups is 1. The van der Waals surface area contributed by atoms with Gasteiger partial charge < -0.3 is 15.2 Å². The third kappa shape index (κ3) is 5.22. The van der Waals surface area contributed by atoms with E-state index < -0.39 is 5.82 Å². The number of amides is 2. The molecule has 37 heavy (non-hydrogen) atoms. The fraction of sp³-hybridized carbons (Fsp3) is 0.133. The summed E-state index contributed by atoms with van der Waals surface area (Å²) >= 11 is 1.41. The van der Waals surface area contributed by atoms with Crippen LogP contribution in [0.2, 0.25) is 0 Å². The summed E-state index contributed by atoms with van der Waals surface area (Å²) in [6.45, 7) is 4.85. The van der Waals surface area contributed by atoms with Gasteiger partial charge in [-0.05, 0) is 80.6 Å². The lowest BCUT2D eigenvalue weighted by atomic mass is 10.1. The van der Waals surface area contributed by atoms with Gasteiger partial charge in [-0.2, -0.15) is 0 Å². The Morgan fingerprint density at radius 3 is 2.35 bits per heavy atom. The van der Waals surface area contributed by atoms with Gasteiger partial charge in [-0.25, -0.2) is 4.39 Å². The van der Waals surface area contributed by atoms with Crippen LogP contribution in [-0.2, 0) is 11.3 Å². The summed E-state index contributed by atoms with van der Waals surface area (Å²) in [4.78, 5) is 26.3. The van der Waals surface area contributed by atoms with Crippen molar-refractivity contribution in [2.24, 2.45) is 0 Å². The number of aryl methyl sites for hydroxylation is 1. The summed E-state index contributed by atoms with van der Waals surface area (Å²) in [7, 11) is 0. The molecule has 2 N–H and O–H groups in total. The number of halogens is 1. The van der Waals surface area contributed by atoms with Crippen molar-refractivity contribution >= 4 is 56.8 Å². The average Bonchev–Trinajstić information content (AvgIpc) is 3.22. The Bertz CT molecular complexity index is 1610. The van der Waals surface area contributed by atoms with E-state index in [0.29, 0.717) is 11.3 Å². The fourth-order valence-electron chi connectivity index (χ4n) is 4.43. The van der Waals surface area contributed by atoms with Crippen LogP contribution in [0.1, 0.15) is 24.2 Å². The van der Waals surface area contributed by atoms with Crippen molar-refractivity contribution < 1.29 is 14.0 Å². The number of hydrogen-bond donors (Lipinski definition) is 2. The summed E-state index contributed by atoms with van der Waals surface area (Å²) < 4.78 is 15.4. The number of benzene rings is 4. The molecule has 5 rings (SSSR count). The molecule has 0 radical (unpaired) electrons. The van der Waals surface area contributed by atoms with E-state index in [1.54, 1.807) is 6.07 Å². The molecule has 1 unspecified atom stereocenters. The zero-order valence-corrected chi connectivity index (χ0v) is 21.3. The van der Waals surface area contributed by atoms with Crippen LogP contribution in [0, 0.1) is 5.82 Å². The Balaban J connectivity index is 1.27. The molecule has 0 saturated carbocycles. The Morgan fingerprint density at radius 1 is 0.838 bits per heavy atom. The second kappa shape index (κ2) is 10.5. The molecule has 5 nitrogen and oxygen atoms in total. The highest BCUT2D eigenvalue weighted by molar-refractivity contribution is 8.00. The predicted octanol–water partition coefficient (Wildman–Crippen LogP) is 7.33. The normalized spacial score (nSPS) is 12.0. The molecule has 0 spiro atoms. The van der Waals surface area contributed by atoms with Gasteiger partial charge in [0.1, 0.15) is 5.82 Å². The van der Waals surface area contributed by atoms with E-state index in [2.05, 4.69) is 40.3 Å². The molecule has 0 saturated heterocycles. The third-order valence-electron chi connectivity index (χ3n) is 6.24. The SMILES string of the molecule is CCn1c2ccccc2c2cc(NC(=O)C(C)Sc3cccc(NC(=O)c4ccc(F)cc4)c3)ccc21. The van der Waals surface area contributed by atoms with Gasteiger partial charge >= 0.3 is 0 Å². The van der Waals surface area contributed by atoms with E-state index in [9.17, 15) is 14.0 Å². The summed E-state index contributed by atoms with van der Waals surface area (Å²) in [6.07, 6.45) is 0. The van der Waals surface area contributed by atoms with Gasteiger partial charge in [0.25, 0.3) is 5.91 Å². The quantitative estimate of drug-likeness (QED) is 0.225. The van der Waals surface area contributed by atoms with E-state index in [4.69, 9.17) is 0 Å². The number of nitrogens with one attached hydrogen (secondary N) is 2. The number of para-hydroxylation sites is 1. The van der Waals surface area contributed by atoms with E-state index in [0.717, 1.165) is 33.4 Å². The highest BCUT2D eigenvalue weighted by atomic mass is 32.2. The molecule has 1 atom stereocenters. The first-order valence-corrected chi connectivity index (χ1v) is 13.0. The van der Waals surface area contributed by atoms with Crippen molar-refractivity contribution in [2.45, 2.75) is 30.5 Å². The zero-order valence-electron chi connectivity index (χ0n) is 20.5. The lowest BCUT2D eigenvalue weighted by molar-refractivity contribution is -0.115. The molecule has 0 bridgehead atoms. The van der Waals surface area contributed by atoms with Crippen LogP contribution in [0.5, 0.6) is 0 Å². The number of hydrogen-bond acceptors (Lipinski definition) is 3. The van der Waals surface area contributed by atoms with Gasteiger partial charge in [0.15, 0.2) is 0 Å². The maximum atomic E-state index is 13.1. The molecule has 0 fully saturated rings. The summed E-state index contributed by atoms with van der Waals surface area (Å²) in [6, 6.07) is 27.0. The van der Waals surface area contributed by atoms with Crippen molar-refractivity contribution in [3.63, 3.8) is 0 Å².